The van der Waals surface area contributed by atoms with E-state index in [9.17, 15) is 22.8 Å². The number of nitrogens with one attached hydrogen (secondary N) is 1. The Morgan fingerprint density at radius 3 is 2.55 bits per heavy atom. The van der Waals surface area contributed by atoms with Crippen LogP contribution in [0.5, 0.6) is 5.88 Å². The quantitative estimate of drug-likeness (QED) is 0.783. The number of hydrogen-bond acceptors (Lipinski definition) is 5. The van der Waals surface area contributed by atoms with Gasteiger partial charge in [0.05, 0.1) is 12.2 Å². The Balaban J connectivity index is 1.84. The molecular weight excluding hydrogens is 415 g/mol. The highest BCUT2D eigenvalue weighted by Gasteiger charge is 2.35. The Morgan fingerprint density at radius 2 is 1.87 bits per heavy atom. The molecule has 1 aromatic heterocycles. The van der Waals surface area contributed by atoms with Crippen LogP contribution in [0, 0.1) is 0 Å². The molecule has 0 saturated heterocycles. The molecule has 3 rings (SSSR count). The van der Waals surface area contributed by atoms with Crippen LogP contribution in [0.1, 0.15) is 32.0 Å². The van der Waals surface area contributed by atoms with Gasteiger partial charge >= 0.3 is 12.5 Å². The van der Waals surface area contributed by atoms with Crippen molar-refractivity contribution in [2.75, 3.05) is 4.90 Å². The second kappa shape index (κ2) is 8.44. The number of rotatable bonds is 4. The molecule has 1 N–H and O–H groups in total. The molecule has 0 unspecified atom stereocenters. The summed E-state index contributed by atoms with van der Waals surface area (Å²) in [4.78, 5) is 30.5. The number of amides is 2. The van der Waals surface area contributed by atoms with Crippen LogP contribution in [-0.4, -0.2) is 35.0 Å². The molecule has 0 aliphatic carbocycles. The number of carbonyl (C=O) groups is 2. The summed E-state index contributed by atoms with van der Waals surface area (Å²) in [5, 5.41) is 2.58. The largest absolute Gasteiger partial charge is 0.574 e. The SMILES string of the molecule is CC(C)(C)OC(=O)N[C@@H]1Cc2ccccc2N(Cc2cccc(OC(F)(F)F)n2)C1=O. The van der Waals surface area contributed by atoms with Crippen molar-refractivity contribution in [3.8, 4) is 5.88 Å². The fourth-order valence-electron chi connectivity index (χ4n) is 3.17. The maximum atomic E-state index is 13.1. The first-order valence-corrected chi connectivity index (χ1v) is 9.52. The topological polar surface area (TPSA) is 80.8 Å². The minimum Gasteiger partial charge on any atom is -0.444 e. The average molecular weight is 437 g/mol. The van der Waals surface area contributed by atoms with E-state index in [2.05, 4.69) is 15.0 Å². The summed E-state index contributed by atoms with van der Waals surface area (Å²) >= 11 is 0. The molecule has 7 nitrogen and oxygen atoms in total. The molecule has 0 radical (unpaired) electrons. The zero-order valence-corrected chi connectivity index (χ0v) is 17.2. The molecule has 31 heavy (non-hydrogen) atoms. The molecule has 0 bridgehead atoms. The summed E-state index contributed by atoms with van der Waals surface area (Å²) in [5.74, 6) is -1.04. The Morgan fingerprint density at radius 1 is 1.16 bits per heavy atom. The highest BCUT2D eigenvalue weighted by atomic mass is 19.4. The summed E-state index contributed by atoms with van der Waals surface area (Å²) in [6.45, 7) is 5.02. The van der Waals surface area contributed by atoms with Gasteiger partial charge in [-0.2, -0.15) is 0 Å². The highest BCUT2D eigenvalue weighted by molar-refractivity contribution is 6.01. The van der Waals surface area contributed by atoms with E-state index in [-0.39, 0.29) is 18.7 Å². The fraction of sp³-hybridized carbons (Fsp3) is 0.381. The molecule has 0 saturated carbocycles. The third-order valence-electron chi connectivity index (χ3n) is 4.28. The van der Waals surface area contributed by atoms with Crippen LogP contribution in [0.15, 0.2) is 42.5 Å². The molecule has 1 aliphatic heterocycles. The second-order valence-corrected chi connectivity index (χ2v) is 7.97. The van der Waals surface area contributed by atoms with Crippen molar-refractivity contribution in [1.29, 1.82) is 0 Å². The first-order valence-electron chi connectivity index (χ1n) is 9.52. The number of pyridine rings is 1. The lowest BCUT2D eigenvalue weighted by molar-refractivity contribution is -0.276. The number of para-hydroxylation sites is 1. The van der Waals surface area contributed by atoms with Gasteiger partial charge in [0.2, 0.25) is 11.8 Å². The van der Waals surface area contributed by atoms with Crippen LogP contribution in [0.25, 0.3) is 0 Å². The maximum Gasteiger partial charge on any atom is 0.574 e. The first-order chi connectivity index (χ1) is 14.4. The molecule has 2 aromatic rings. The number of benzene rings is 1. The lowest BCUT2D eigenvalue weighted by Crippen LogP contribution is -2.53. The molecular formula is C21H22F3N3O4. The van der Waals surface area contributed by atoms with E-state index in [0.717, 1.165) is 11.6 Å². The lowest BCUT2D eigenvalue weighted by atomic mass is 9.97. The molecule has 166 valence electrons. The van der Waals surface area contributed by atoms with Crippen LogP contribution in [0.4, 0.5) is 23.7 Å². The summed E-state index contributed by atoms with van der Waals surface area (Å²) in [7, 11) is 0. The smallest absolute Gasteiger partial charge is 0.444 e. The molecule has 1 aliphatic rings. The molecule has 2 amide bonds. The Bertz CT molecular complexity index is 973. The van der Waals surface area contributed by atoms with Gasteiger partial charge in [0.1, 0.15) is 11.6 Å². The normalized spacial score (nSPS) is 16.5. The van der Waals surface area contributed by atoms with Gasteiger partial charge in [-0.15, -0.1) is 13.2 Å². The van der Waals surface area contributed by atoms with Crippen LogP contribution in [0.2, 0.25) is 0 Å². The number of aromatic nitrogens is 1. The van der Waals surface area contributed by atoms with Gasteiger partial charge in [0.25, 0.3) is 0 Å². The van der Waals surface area contributed by atoms with Crippen molar-refractivity contribution < 1.29 is 32.2 Å². The predicted molar refractivity (Wildman–Crippen MR) is 105 cm³/mol. The number of hydrogen-bond donors (Lipinski definition) is 1. The van der Waals surface area contributed by atoms with Crippen LogP contribution >= 0.6 is 0 Å². The van der Waals surface area contributed by atoms with Crippen molar-refractivity contribution in [2.45, 2.75) is 51.7 Å². The van der Waals surface area contributed by atoms with Gasteiger partial charge in [0, 0.05) is 18.2 Å². The zero-order chi connectivity index (χ0) is 22.8. The summed E-state index contributed by atoms with van der Waals surface area (Å²) in [6, 6.07) is 10.1. The molecule has 0 fully saturated rings. The summed E-state index contributed by atoms with van der Waals surface area (Å²) in [5.41, 5.74) is 0.856. The van der Waals surface area contributed by atoms with Gasteiger partial charge in [0.15, 0.2) is 0 Å². The van der Waals surface area contributed by atoms with Gasteiger partial charge in [-0.1, -0.05) is 24.3 Å². The van der Waals surface area contributed by atoms with E-state index < -0.39 is 35.9 Å². The van der Waals surface area contributed by atoms with Gasteiger partial charge in [-0.3, -0.25) is 4.79 Å². The third kappa shape index (κ3) is 6.09. The Labute approximate surface area is 177 Å². The number of alkyl carbamates (subject to hydrolysis) is 1. The van der Waals surface area contributed by atoms with E-state index in [1.165, 1.54) is 17.0 Å². The molecule has 10 heteroatoms. The van der Waals surface area contributed by atoms with Crippen molar-refractivity contribution in [2.24, 2.45) is 0 Å². The minimum atomic E-state index is -4.87. The van der Waals surface area contributed by atoms with Crippen molar-refractivity contribution in [3.05, 3.63) is 53.7 Å². The number of carbonyl (C=O) groups excluding carboxylic acids is 2. The predicted octanol–water partition coefficient (Wildman–Crippen LogP) is 3.96. The number of ether oxygens (including phenoxy) is 2. The lowest BCUT2D eigenvalue weighted by Gasteiger charge is -2.34. The third-order valence-corrected chi connectivity index (χ3v) is 4.28. The Hall–Kier alpha value is -3.30. The van der Waals surface area contributed by atoms with E-state index in [4.69, 9.17) is 4.74 Å². The number of alkyl halides is 3. The van der Waals surface area contributed by atoms with E-state index in [0.29, 0.717) is 5.69 Å². The number of nitrogens with zero attached hydrogens (tertiary/aromatic N) is 2. The molecule has 2 heterocycles. The minimum absolute atomic E-state index is 0.0998. The zero-order valence-electron chi connectivity index (χ0n) is 17.2. The van der Waals surface area contributed by atoms with Crippen molar-refractivity contribution >= 4 is 17.7 Å². The second-order valence-electron chi connectivity index (χ2n) is 7.97. The van der Waals surface area contributed by atoms with Crippen molar-refractivity contribution in [3.63, 3.8) is 0 Å². The monoisotopic (exact) mass is 437 g/mol. The van der Waals surface area contributed by atoms with Crippen LogP contribution in [-0.2, 0) is 22.5 Å². The van der Waals surface area contributed by atoms with Crippen molar-refractivity contribution in [1.82, 2.24) is 10.3 Å². The summed E-state index contributed by atoms with van der Waals surface area (Å²) < 4.78 is 46.6. The number of fused-ring (bicyclic) bond motifs is 1. The van der Waals surface area contributed by atoms with E-state index >= 15 is 0 Å². The molecule has 0 spiro atoms. The van der Waals surface area contributed by atoms with Crippen LogP contribution in [0.3, 0.4) is 0 Å². The standard InChI is InChI=1S/C21H22F3N3O4/c1-20(2,3)31-19(29)26-15-11-13-7-4-5-9-16(13)27(18(15)28)12-14-8-6-10-17(25-14)30-21(22,23)24/h4-10,15H,11-12H2,1-3H3,(H,26,29)/t15-/m1/s1. The highest BCUT2D eigenvalue weighted by Crippen LogP contribution is 2.30. The van der Waals surface area contributed by atoms with Gasteiger partial charge < -0.3 is 19.7 Å². The van der Waals surface area contributed by atoms with Gasteiger partial charge in [-0.25, -0.2) is 9.78 Å². The molecule has 1 atom stereocenters. The average Bonchev–Trinajstić information content (AvgIpc) is 2.62. The van der Waals surface area contributed by atoms with Crippen LogP contribution < -0.4 is 15.0 Å². The fourth-order valence-corrected chi connectivity index (χ4v) is 3.17. The number of halogens is 3. The number of anilines is 1. The Kier molecular flexibility index (Phi) is 6.10. The maximum absolute atomic E-state index is 13.1. The van der Waals surface area contributed by atoms with Gasteiger partial charge in [-0.05, 0) is 38.5 Å². The van der Waals surface area contributed by atoms with E-state index in [1.807, 2.05) is 6.07 Å². The summed E-state index contributed by atoms with van der Waals surface area (Å²) in [6.07, 6.45) is -5.35. The first kappa shape index (κ1) is 22.4. The molecule has 1 aromatic carbocycles. The van der Waals surface area contributed by atoms with E-state index in [1.54, 1.807) is 39.0 Å².